The number of amides is 4. The monoisotopic (exact) mass is 465 g/mol. The molecule has 0 radical (unpaired) electrons. The van der Waals surface area contributed by atoms with Crippen LogP contribution in [0.2, 0.25) is 0 Å². The number of carbonyl (C=O) groups excluding carboxylic acids is 4. The second-order valence-electron chi connectivity index (χ2n) is 6.58. The molecule has 0 aliphatic rings. The minimum Gasteiger partial charge on any atom is -0.481 e. The highest BCUT2D eigenvalue weighted by molar-refractivity contribution is 7.80. The first kappa shape index (κ1) is 28.1. The summed E-state index contributed by atoms with van der Waals surface area (Å²) < 4.78 is 0. The van der Waals surface area contributed by atoms with Crippen LogP contribution in [0.1, 0.15) is 26.2 Å². The van der Waals surface area contributed by atoms with Gasteiger partial charge < -0.3 is 42.7 Å². The third kappa shape index (κ3) is 10.6. The Morgan fingerprint density at radius 2 is 1.48 bits per heavy atom. The van der Waals surface area contributed by atoms with E-state index in [4.69, 9.17) is 21.7 Å². The molecule has 5 atom stereocenters. The van der Waals surface area contributed by atoms with Gasteiger partial charge >= 0.3 is 11.9 Å². The molecule has 0 saturated carbocycles. The summed E-state index contributed by atoms with van der Waals surface area (Å²) in [5.74, 6) is -6.87. The van der Waals surface area contributed by atoms with Crippen LogP contribution in [-0.4, -0.2) is 86.9 Å². The molecule has 14 nitrogen and oxygen atoms in total. The summed E-state index contributed by atoms with van der Waals surface area (Å²) in [5.41, 5.74) is 10.5. The van der Waals surface area contributed by atoms with Crippen LogP contribution in [0.5, 0.6) is 0 Å². The van der Waals surface area contributed by atoms with Gasteiger partial charge in [-0.15, -0.1) is 0 Å². The third-order valence-corrected chi connectivity index (χ3v) is 4.27. The van der Waals surface area contributed by atoms with Gasteiger partial charge in [0, 0.05) is 12.2 Å². The van der Waals surface area contributed by atoms with Crippen LogP contribution >= 0.6 is 12.6 Å². The molecule has 0 heterocycles. The van der Waals surface area contributed by atoms with E-state index in [1.165, 1.54) is 0 Å². The quantitative estimate of drug-likeness (QED) is 0.112. The number of carboxylic acid groups (broad SMARTS) is 2. The lowest BCUT2D eigenvalue weighted by Crippen LogP contribution is -2.60. The highest BCUT2D eigenvalue weighted by Crippen LogP contribution is 2.03. The number of carbonyl (C=O) groups is 6. The zero-order valence-electron chi connectivity index (χ0n) is 16.6. The summed E-state index contributed by atoms with van der Waals surface area (Å²) in [6.07, 6.45) is -2.86. The van der Waals surface area contributed by atoms with Gasteiger partial charge in [0.15, 0.2) is 0 Å². The number of carboxylic acids is 2. The number of primary amides is 1. The Morgan fingerprint density at radius 1 is 0.935 bits per heavy atom. The molecule has 0 spiro atoms. The average molecular weight is 465 g/mol. The molecule has 4 amide bonds. The molecule has 0 aliphatic carbocycles. The predicted octanol–water partition coefficient (Wildman–Crippen LogP) is -4.10. The summed E-state index contributed by atoms with van der Waals surface area (Å²) in [7, 11) is 0. The van der Waals surface area contributed by atoms with Gasteiger partial charge in [0.05, 0.1) is 18.6 Å². The lowest BCUT2D eigenvalue weighted by Gasteiger charge is -2.26. The van der Waals surface area contributed by atoms with Crippen molar-refractivity contribution in [3.05, 3.63) is 0 Å². The van der Waals surface area contributed by atoms with Gasteiger partial charge in [-0.1, -0.05) is 0 Å². The van der Waals surface area contributed by atoms with Crippen LogP contribution in [-0.2, 0) is 28.8 Å². The zero-order chi connectivity index (χ0) is 24.3. The second kappa shape index (κ2) is 13.4. The highest BCUT2D eigenvalue weighted by Gasteiger charge is 2.32. The predicted molar refractivity (Wildman–Crippen MR) is 108 cm³/mol. The molecule has 0 aromatic carbocycles. The molecular weight excluding hydrogens is 438 g/mol. The second-order valence-corrected chi connectivity index (χ2v) is 6.94. The lowest BCUT2D eigenvalue weighted by molar-refractivity contribution is -0.142. The van der Waals surface area contributed by atoms with Crippen molar-refractivity contribution in [2.75, 3.05) is 5.75 Å². The van der Waals surface area contributed by atoms with Gasteiger partial charge in [-0.2, -0.15) is 12.6 Å². The summed E-state index contributed by atoms with van der Waals surface area (Å²) in [4.78, 5) is 69.7. The fourth-order valence-electron chi connectivity index (χ4n) is 2.22. The maximum atomic E-state index is 12.6. The van der Waals surface area contributed by atoms with Crippen molar-refractivity contribution in [2.45, 2.75) is 56.5 Å². The molecule has 176 valence electrons. The molecule has 5 unspecified atom stereocenters. The summed E-state index contributed by atoms with van der Waals surface area (Å²) in [6, 6.07) is -5.96. The van der Waals surface area contributed by atoms with Crippen LogP contribution < -0.4 is 27.4 Å². The van der Waals surface area contributed by atoms with Gasteiger partial charge in [0.25, 0.3) is 0 Å². The van der Waals surface area contributed by atoms with E-state index in [9.17, 15) is 33.9 Å². The fraction of sp³-hybridized carbons (Fsp3) is 0.625. The van der Waals surface area contributed by atoms with Crippen molar-refractivity contribution >= 4 is 48.2 Å². The Labute approximate surface area is 182 Å². The van der Waals surface area contributed by atoms with Gasteiger partial charge in [0.2, 0.25) is 23.6 Å². The first-order chi connectivity index (χ1) is 14.3. The summed E-state index contributed by atoms with van der Waals surface area (Å²) in [6.45, 7) is 1.15. The number of aliphatic hydroxyl groups is 1. The van der Waals surface area contributed by atoms with E-state index in [1.807, 2.05) is 0 Å². The maximum Gasteiger partial charge on any atom is 0.327 e. The number of thiol groups is 1. The van der Waals surface area contributed by atoms with Crippen molar-refractivity contribution in [3.63, 3.8) is 0 Å². The molecular formula is C16H27N5O9S. The van der Waals surface area contributed by atoms with E-state index in [2.05, 4.69) is 28.6 Å². The number of rotatable bonds is 14. The first-order valence-corrected chi connectivity index (χ1v) is 9.61. The first-order valence-electron chi connectivity index (χ1n) is 8.98. The molecule has 0 bridgehead atoms. The molecule has 15 heteroatoms. The molecule has 0 fully saturated rings. The van der Waals surface area contributed by atoms with Gasteiger partial charge in [-0.25, -0.2) is 4.79 Å². The standard InChI is InChI=1S/C16H27N5O9S/c1-6(22)12(15(28)20-9(5-31)16(29)30)21-14(27)8(2-3-10(18)23)19-13(26)7(17)4-11(24)25/h6-9,12,22,31H,2-5,17H2,1H3,(H2,18,23)(H,19,26)(H,20,28)(H,21,27)(H,24,25)(H,29,30). The average Bonchev–Trinajstić information content (AvgIpc) is 2.65. The minimum absolute atomic E-state index is 0.264. The highest BCUT2D eigenvalue weighted by atomic mass is 32.1. The molecule has 0 aliphatic heterocycles. The van der Waals surface area contributed by atoms with Crippen molar-refractivity contribution in [1.29, 1.82) is 0 Å². The molecule has 0 aromatic heterocycles. The Hall–Kier alpha value is -2.91. The Bertz CT molecular complexity index is 703. The normalized spacial score (nSPS) is 15.5. The molecule has 0 saturated heterocycles. The Kier molecular flexibility index (Phi) is 12.1. The van der Waals surface area contributed by atoms with Crippen LogP contribution in [0.15, 0.2) is 0 Å². The van der Waals surface area contributed by atoms with Crippen molar-refractivity contribution in [2.24, 2.45) is 11.5 Å². The van der Waals surface area contributed by atoms with Crippen molar-refractivity contribution in [1.82, 2.24) is 16.0 Å². The zero-order valence-corrected chi connectivity index (χ0v) is 17.5. The maximum absolute atomic E-state index is 12.6. The van der Waals surface area contributed by atoms with Crippen molar-refractivity contribution < 1.29 is 44.1 Å². The summed E-state index contributed by atoms with van der Waals surface area (Å²) in [5, 5.41) is 33.9. The SMILES string of the molecule is CC(O)C(NC(=O)C(CCC(N)=O)NC(=O)C(N)CC(=O)O)C(=O)NC(CS)C(=O)O. The number of nitrogens with one attached hydrogen (secondary N) is 3. The molecule has 10 N–H and O–H groups in total. The van der Waals surface area contributed by atoms with E-state index < -0.39 is 72.3 Å². The third-order valence-electron chi connectivity index (χ3n) is 3.90. The van der Waals surface area contributed by atoms with E-state index in [0.717, 1.165) is 6.92 Å². The Balaban J connectivity index is 5.42. The van der Waals surface area contributed by atoms with E-state index >= 15 is 0 Å². The molecule has 0 aromatic rings. The summed E-state index contributed by atoms with van der Waals surface area (Å²) >= 11 is 3.79. The van der Waals surface area contributed by atoms with E-state index in [0.29, 0.717) is 0 Å². The molecule has 0 rings (SSSR count). The van der Waals surface area contributed by atoms with Gasteiger partial charge in [-0.3, -0.25) is 24.0 Å². The van der Waals surface area contributed by atoms with Gasteiger partial charge in [0.1, 0.15) is 18.1 Å². The number of hydrogen-bond donors (Lipinski definition) is 9. The van der Waals surface area contributed by atoms with Crippen molar-refractivity contribution in [3.8, 4) is 0 Å². The minimum atomic E-state index is -1.62. The smallest absolute Gasteiger partial charge is 0.327 e. The van der Waals surface area contributed by atoms with Crippen LogP contribution in [0.25, 0.3) is 0 Å². The number of aliphatic carboxylic acids is 2. The topological polar surface area (TPSA) is 251 Å². The van der Waals surface area contributed by atoms with Crippen LogP contribution in [0.3, 0.4) is 0 Å². The fourth-order valence-corrected chi connectivity index (χ4v) is 2.47. The van der Waals surface area contributed by atoms with E-state index in [1.54, 1.807) is 0 Å². The van der Waals surface area contributed by atoms with Gasteiger partial charge in [-0.05, 0) is 13.3 Å². The van der Waals surface area contributed by atoms with Crippen LogP contribution in [0, 0.1) is 0 Å². The largest absolute Gasteiger partial charge is 0.481 e. The lowest BCUT2D eigenvalue weighted by atomic mass is 10.1. The number of aliphatic hydroxyl groups excluding tert-OH is 1. The number of nitrogens with two attached hydrogens (primary N) is 2. The van der Waals surface area contributed by atoms with E-state index in [-0.39, 0.29) is 18.6 Å². The Morgan fingerprint density at radius 3 is 1.90 bits per heavy atom. The molecule has 31 heavy (non-hydrogen) atoms. The number of hydrogen-bond acceptors (Lipinski definition) is 9. The van der Waals surface area contributed by atoms with Crippen LogP contribution in [0.4, 0.5) is 0 Å².